The van der Waals surface area contributed by atoms with Gasteiger partial charge in [0.1, 0.15) is 0 Å². The minimum Gasteiger partial charge on any atom is -0.392 e. The van der Waals surface area contributed by atoms with E-state index < -0.39 is 0 Å². The van der Waals surface area contributed by atoms with Crippen molar-refractivity contribution in [2.75, 3.05) is 19.6 Å². The molecule has 0 bridgehead atoms. The summed E-state index contributed by atoms with van der Waals surface area (Å²) in [5.41, 5.74) is 0.833. The van der Waals surface area contributed by atoms with Crippen LogP contribution in [0.15, 0.2) is 30.3 Å². The molecule has 0 aromatic heterocycles. The molecule has 1 saturated carbocycles. The molecule has 1 saturated heterocycles. The van der Waals surface area contributed by atoms with E-state index in [0.29, 0.717) is 5.92 Å². The van der Waals surface area contributed by atoms with Crippen LogP contribution in [-0.2, 0) is 0 Å². The quantitative estimate of drug-likeness (QED) is 0.822. The molecule has 102 valence electrons. The average Bonchev–Trinajstić information content (AvgIpc) is 3.20. The zero-order valence-electron chi connectivity index (χ0n) is 11.2. The summed E-state index contributed by atoms with van der Waals surface area (Å²) in [5, 5.41) is 9.60. The average molecular weight is 259 g/mol. The number of carbonyl (C=O) groups is 1. The standard InChI is InChI=1S/C16H21NO2/c18-14-8-9-17(10-14)11-15(12-6-7-12)16(19)13-4-2-1-3-5-13/h1-5,12,14-15,18H,6-11H2/t14-,15?/m1/s1. The fraction of sp³-hybridized carbons (Fsp3) is 0.562. The monoisotopic (exact) mass is 259 g/mol. The van der Waals surface area contributed by atoms with Crippen LogP contribution in [0, 0.1) is 11.8 Å². The summed E-state index contributed by atoms with van der Waals surface area (Å²) in [4.78, 5) is 14.9. The van der Waals surface area contributed by atoms with Gasteiger partial charge in [-0.05, 0) is 25.2 Å². The lowest BCUT2D eigenvalue weighted by molar-refractivity contribution is 0.0860. The number of hydrogen-bond donors (Lipinski definition) is 1. The zero-order valence-corrected chi connectivity index (χ0v) is 11.2. The second-order valence-corrected chi connectivity index (χ2v) is 5.88. The Labute approximate surface area is 114 Å². The maximum absolute atomic E-state index is 12.6. The SMILES string of the molecule is O=C(c1ccccc1)C(CN1CC[C@@H](O)C1)C1CC1. The molecule has 0 amide bonds. The molecule has 1 aromatic carbocycles. The van der Waals surface area contributed by atoms with Crippen LogP contribution in [0.1, 0.15) is 29.6 Å². The van der Waals surface area contributed by atoms with Gasteiger partial charge in [0.15, 0.2) is 5.78 Å². The molecule has 3 nitrogen and oxygen atoms in total. The normalized spacial score (nSPS) is 25.4. The number of hydrogen-bond acceptors (Lipinski definition) is 3. The number of benzene rings is 1. The van der Waals surface area contributed by atoms with Gasteiger partial charge in [0.05, 0.1) is 6.10 Å². The van der Waals surface area contributed by atoms with E-state index in [9.17, 15) is 9.90 Å². The molecule has 3 heteroatoms. The predicted octanol–water partition coefficient (Wildman–Crippen LogP) is 1.96. The van der Waals surface area contributed by atoms with Crippen molar-refractivity contribution >= 4 is 5.78 Å². The van der Waals surface area contributed by atoms with E-state index in [4.69, 9.17) is 0 Å². The van der Waals surface area contributed by atoms with Gasteiger partial charge in [-0.25, -0.2) is 0 Å². The van der Waals surface area contributed by atoms with Crippen LogP contribution in [0.25, 0.3) is 0 Å². The number of ketones is 1. The van der Waals surface area contributed by atoms with Crippen molar-refractivity contribution in [3.63, 3.8) is 0 Å². The van der Waals surface area contributed by atoms with Crippen LogP contribution in [-0.4, -0.2) is 41.5 Å². The molecule has 1 N–H and O–H groups in total. The first kappa shape index (κ1) is 12.8. The van der Waals surface area contributed by atoms with Gasteiger partial charge in [-0.3, -0.25) is 9.69 Å². The van der Waals surface area contributed by atoms with E-state index >= 15 is 0 Å². The second-order valence-electron chi connectivity index (χ2n) is 5.88. The van der Waals surface area contributed by atoms with E-state index in [1.807, 2.05) is 30.3 Å². The predicted molar refractivity (Wildman–Crippen MR) is 74.1 cm³/mol. The van der Waals surface area contributed by atoms with E-state index in [1.54, 1.807) is 0 Å². The minimum atomic E-state index is -0.202. The highest BCUT2D eigenvalue weighted by molar-refractivity contribution is 5.98. The molecule has 0 spiro atoms. The van der Waals surface area contributed by atoms with E-state index in [2.05, 4.69) is 4.90 Å². The van der Waals surface area contributed by atoms with Gasteiger partial charge >= 0.3 is 0 Å². The van der Waals surface area contributed by atoms with Crippen molar-refractivity contribution in [1.82, 2.24) is 4.90 Å². The van der Waals surface area contributed by atoms with Gasteiger partial charge in [0.25, 0.3) is 0 Å². The van der Waals surface area contributed by atoms with Crippen molar-refractivity contribution in [2.45, 2.75) is 25.4 Å². The van der Waals surface area contributed by atoms with Crippen molar-refractivity contribution in [3.05, 3.63) is 35.9 Å². The van der Waals surface area contributed by atoms with Gasteiger partial charge < -0.3 is 5.11 Å². The third-order valence-corrected chi connectivity index (χ3v) is 4.29. The lowest BCUT2D eigenvalue weighted by Gasteiger charge is -2.22. The van der Waals surface area contributed by atoms with Gasteiger partial charge in [-0.2, -0.15) is 0 Å². The molecule has 1 aromatic rings. The van der Waals surface area contributed by atoms with Gasteiger partial charge in [0, 0.05) is 31.1 Å². The fourth-order valence-corrected chi connectivity index (χ4v) is 3.02. The highest BCUT2D eigenvalue weighted by Crippen LogP contribution is 2.39. The van der Waals surface area contributed by atoms with E-state index in [1.165, 1.54) is 12.8 Å². The molecule has 3 rings (SSSR count). The Balaban J connectivity index is 1.69. The number of likely N-dealkylation sites (tertiary alicyclic amines) is 1. The van der Waals surface area contributed by atoms with Crippen molar-refractivity contribution in [3.8, 4) is 0 Å². The van der Waals surface area contributed by atoms with Crippen LogP contribution in [0.4, 0.5) is 0 Å². The number of nitrogens with zero attached hydrogens (tertiary/aromatic N) is 1. The number of Topliss-reactive ketones (excluding diaryl/α,β-unsaturated/α-hetero) is 1. The third kappa shape index (κ3) is 3.04. The molecule has 2 aliphatic rings. The smallest absolute Gasteiger partial charge is 0.167 e. The van der Waals surface area contributed by atoms with Gasteiger partial charge in [0.2, 0.25) is 0 Å². The van der Waals surface area contributed by atoms with Crippen LogP contribution in [0.2, 0.25) is 0 Å². The van der Waals surface area contributed by atoms with Crippen LogP contribution >= 0.6 is 0 Å². The second kappa shape index (κ2) is 5.43. The first-order valence-electron chi connectivity index (χ1n) is 7.23. The number of rotatable bonds is 5. The first-order valence-corrected chi connectivity index (χ1v) is 7.23. The largest absolute Gasteiger partial charge is 0.392 e. The summed E-state index contributed by atoms with van der Waals surface area (Å²) < 4.78 is 0. The zero-order chi connectivity index (χ0) is 13.2. The minimum absolute atomic E-state index is 0.118. The molecule has 0 radical (unpaired) electrons. The topological polar surface area (TPSA) is 40.5 Å². The molecule has 2 atom stereocenters. The molecule has 1 unspecified atom stereocenters. The van der Waals surface area contributed by atoms with Crippen LogP contribution in [0.5, 0.6) is 0 Å². The Morgan fingerprint density at radius 3 is 2.58 bits per heavy atom. The number of aliphatic hydroxyl groups excluding tert-OH is 1. The Kier molecular flexibility index (Phi) is 3.67. The molecular weight excluding hydrogens is 238 g/mol. The van der Waals surface area contributed by atoms with E-state index in [-0.39, 0.29) is 17.8 Å². The summed E-state index contributed by atoms with van der Waals surface area (Å²) in [6.07, 6.45) is 3.00. The Bertz CT molecular complexity index is 441. The molecule has 1 aliphatic heterocycles. The van der Waals surface area contributed by atoms with Crippen molar-refractivity contribution in [1.29, 1.82) is 0 Å². The summed E-state index contributed by atoms with van der Waals surface area (Å²) >= 11 is 0. The summed E-state index contributed by atoms with van der Waals surface area (Å²) in [6, 6.07) is 9.63. The van der Waals surface area contributed by atoms with E-state index in [0.717, 1.165) is 31.6 Å². The lowest BCUT2D eigenvalue weighted by atomic mass is 9.92. The Morgan fingerprint density at radius 2 is 2.00 bits per heavy atom. The number of β-amino-alcohol motifs (C(OH)–C–C–N with tert-alkyl or cyclic N) is 1. The van der Waals surface area contributed by atoms with Gasteiger partial charge in [-0.15, -0.1) is 0 Å². The molecule has 2 fully saturated rings. The third-order valence-electron chi connectivity index (χ3n) is 4.29. The highest BCUT2D eigenvalue weighted by Gasteiger charge is 2.38. The molecule has 19 heavy (non-hydrogen) atoms. The van der Waals surface area contributed by atoms with Gasteiger partial charge in [-0.1, -0.05) is 30.3 Å². The number of carbonyl (C=O) groups excluding carboxylic acids is 1. The Morgan fingerprint density at radius 1 is 1.26 bits per heavy atom. The maximum atomic E-state index is 12.6. The molecule has 1 heterocycles. The number of aliphatic hydroxyl groups is 1. The lowest BCUT2D eigenvalue weighted by Crippen LogP contribution is -2.33. The maximum Gasteiger partial charge on any atom is 0.167 e. The van der Waals surface area contributed by atoms with Crippen LogP contribution < -0.4 is 0 Å². The Hall–Kier alpha value is -1.19. The summed E-state index contributed by atoms with van der Waals surface area (Å²) in [6.45, 7) is 2.47. The van der Waals surface area contributed by atoms with Crippen molar-refractivity contribution in [2.24, 2.45) is 11.8 Å². The highest BCUT2D eigenvalue weighted by atomic mass is 16.3. The first-order chi connectivity index (χ1) is 9.24. The summed E-state index contributed by atoms with van der Waals surface area (Å²) in [7, 11) is 0. The van der Waals surface area contributed by atoms with Crippen molar-refractivity contribution < 1.29 is 9.90 Å². The molecular formula is C16H21NO2. The summed E-state index contributed by atoms with van der Waals surface area (Å²) in [5.74, 6) is 0.961. The van der Waals surface area contributed by atoms with Crippen LogP contribution in [0.3, 0.4) is 0 Å². The fourth-order valence-electron chi connectivity index (χ4n) is 3.02. The molecule has 1 aliphatic carbocycles.